The van der Waals surface area contributed by atoms with Crippen LogP contribution in [0, 0.1) is 5.92 Å². The normalized spacial score (nSPS) is 30.5. The highest BCUT2D eigenvalue weighted by Gasteiger charge is 2.51. The van der Waals surface area contributed by atoms with Gasteiger partial charge in [-0.1, -0.05) is 6.92 Å². The molecule has 0 saturated carbocycles. The van der Waals surface area contributed by atoms with Gasteiger partial charge in [-0.25, -0.2) is 0 Å². The molecule has 2 aliphatic rings. The largest absolute Gasteiger partial charge is 0.498 e. The van der Waals surface area contributed by atoms with Crippen LogP contribution in [0.4, 0.5) is 4.79 Å². The molecule has 0 aromatic heterocycles. The maximum atomic E-state index is 12.7. The molecule has 0 spiro atoms. The lowest BCUT2D eigenvalue weighted by atomic mass is 10.0. The first-order chi connectivity index (χ1) is 10.2. The van der Waals surface area contributed by atoms with Crippen LogP contribution in [0.2, 0.25) is 0 Å². The first-order valence-electron chi connectivity index (χ1n) is 8.31. The Morgan fingerprint density at radius 3 is 2.18 bits per heavy atom. The number of carbonyl (C=O) groups excluding carboxylic acids is 2. The average molecular weight is 311 g/mol. The molecule has 2 heterocycles. The zero-order valence-corrected chi connectivity index (χ0v) is 14.3. The Balaban J connectivity index is 2.03. The summed E-state index contributed by atoms with van der Waals surface area (Å²) in [4.78, 5) is 28.7. The topological polar surface area (TPSA) is 63.7 Å². The number of carbonyl (C=O) groups is 2. The molecule has 2 saturated heterocycles. The van der Waals surface area contributed by atoms with E-state index < -0.39 is 11.6 Å². The van der Waals surface area contributed by atoms with Crippen LogP contribution in [0.15, 0.2) is 0 Å². The molecule has 126 valence electrons. The van der Waals surface area contributed by atoms with E-state index in [0.717, 1.165) is 32.7 Å². The zero-order valence-electron chi connectivity index (χ0n) is 14.3. The summed E-state index contributed by atoms with van der Waals surface area (Å²) in [6, 6.07) is 0. The van der Waals surface area contributed by atoms with Gasteiger partial charge in [-0.15, -0.1) is 0 Å². The third-order valence-corrected chi connectivity index (χ3v) is 5.51. The van der Waals surface area contributed by atoms with E-state index in [2.05, 4.69) is 11.8 Å². The number of hydrogen-bond acceptors (Lipinski definition) is 4. The monoisotopic (exact) mass is 311 g/mol. The van der Waals surface area contributed by atoms with Gasteiger partial charge >= 0.3 is 0 Å². The van der Waals surface area contributed by atoms with Gasteiger partial charge in [0, 0.05) is 32.6 Å². The second kappa shape index (κ2) is 6.16. The third-order valence-electron chi connectivity index (χ3n) is 5.51. The van der Waals surface area contributed by atoms with E-state index in [1.165, 1.54) is 0 Å². The predicted octanol–water partition coefficient (Wildman–Crippen LogP) is 0.129. The van der Waals surface area contributed by atoms with Crippen molar-refractivity contribution in [2.45, 2.75) is 39.7 Å². The van der Waals surface area contributed by atoms with Gasteiger partial charge in [0.15, 0.2) is 0 Å². The Bertz CT molecular complexity index is 438. The highest BCUT2D eigenvalue weighted by atomic mass is 16.4. The van der Waals surface area contributed by atoms with Crippen molar-refractivity contribution in [3.8, 4) is 0 Å². The van der Waals surface area contributed by atoms with Crippen molar-refractivity contribution in [2.75, 3.05) is 45.8 Å². The Morgan fingerprint density at radius 2 is 1.77 bits per heavy atom. The van der Waals surface area contributed by atoms with Crippen LogP contribution in [0.5, 0.6) is 0 Å². The van der Waals surface area contributed by atoms with Crippen molar-refractivity contribution in [1.29, 1.82) is 0 Å². The smallest absolute Gasteiger partial charge is 0.257 e. The van der Waals surface area contributed by atoms with Crippen molar-refractivity contribution >= 4 is 12.0 Å². The molecule has 0 aromatic carbocycles. The van der Waals surface area contributed by atoms with Crippen LogP contribution in [-0.4, -0.2) is 77.6 Å². The zero-order chi connectivity index (χ0) is 16.5. The number of hydrogen-bond donors (Lipinski definition) is 0. The number of nitrogens with zero attached hydrogens (tertiary/aromatic N) is 3. The summed E-state index contributed by atoms with van der Waals surface area (Å²) in [5, 5.41) is 11.7. The maximum Gasteiger partial charge on any atom is 0.257 e. The van der Waals surface area contributed by atoms with E-state index in [1.807, 2.05) is 25.7 Å². The first kappa shape index (κ1) is 17.2. The lowest BCUT2D eigenvalue weighted by Gasteiger charge is -2.45. The maximum absolute atomic E-state index is 12.7. The van der Waals surface area contributed by atoms with Gasteiger partial charge in [0.25, 0.3) is 6.09 Å². The van der Waals surface area contributed by atoms with Crippen LogP contribution in [-0.2, 0) is 4.79 Å². The minimum absolute atomic E-state index is 0.113. The number of amides is 2. The van der Waals surface area contributed by atoms with Crippen LogP contribution >= 0.6 is 0 Å². The summed E-state index contributed by atoms with van der Waals surface area (Å²) in [6.07, 6.45) is -0.420. The minimum atomic E-state index is -1.06. The predicted molar refractivity (Wildman–Crippen MR) is 81.9 cm³/mol. The molecule has 2 amide bonds. The molecule has 22 heavy (non-hydrogen) atoms. The Hall–Kier alpha value is -1.14. The summed E-state index contributed by atoms with van der Waals surface area (Å²) in [5.41, 5.74) is -0.450. The van der Waals surface area contributed by atoms with Gasteiger partial charge < -0.3 is 19.7 Å². The molecule has 0 aromatic rings. The molecule has 2 rings (SSSR count). The number of rotatable bonds is 2. The second-order valence-corrected chi connectivity index (χ2v) is 7.56. The molecular weight excluding hydrogens is 282 g/mol. The number of likely N-dealkylation sites (tertiary alicyclic amines) is 1. The SMILES string of the molecule is CCN1CCN(C(=O)[C@H]2CC[N+](C(=O)[O-])(C(C)(C)C)C2)CC1. The lowest BCUT2D eigenvalue weighted by molar-refractivity contribution is -0.909. The summed E-state index contributed by atoms with van der Waals surface area (Å²) < 4.78 is -0.113. The fourth-order valence-electron chi connectivity index (χ4n) is 3.73. The quantitative estimate of drug-likeness (QED) is 0.680. The third kappa shape index (κ3) is 2.99. The highest BCUT2D eigenvalue weighted by molar-refractivity contribution is 5.79. The Labute approximate surface area is 133 Å². The van der Waals surface area contributed by atoms with Crippen LogP contribution in [0.25, 0.3) is 0 Å². The van der Waals surface area contributed by atoms with Crippen molar-refractivity contribution in [1.82, 2.24) is 9.80 Å². The molecule has 6 heteroatoms. The molecule has 0 aliphatic carbocycles. The lowest BCUT2D eigenvalue weighted by Crippen LogP contribution is -2.66. The average Bonchev–Trinajstić information content (AvgIpc) is 2.93. The summed E-state index contributed by atoms with van der Waals surface area (Å²) in [6.45, 7) is 13.1. The molecular formula is C16H29N3O3. The summed E-state index contributed by atoms with van der Waals surface area (Å²) in [7, 11) is 0. The van der Waals surface area contributed by atoms with E-state index in [-0.39, 0.29) is 16.3 Å². The molecule has 0 bridgehead atoms. The molecule has 2 fully saturated rings. The van der Waals surface area contributed by atoms with Gasteiger partial charge in [-0.05, 0) is 27.3 Å². The molecule has 2 atom stereocenters. The fraction of sp³-hybridized carbons (Fsp3) is 0.875. The number of likely N-dealkylation sites (N-methyl/N-ethyl adjacent to an activating group) is 1. The Kier molecular flexibility index (Phi) is 4.82. The van der Waals surface area contributed by atoms with E-state index in [0.29, 0.717) is 19.5 Å². The molecule has 6 nitrogen and oxygen atoms in total. The van der Waals surface area contributed by atoms with E-state index in [9.17, 15) is 14.7 Å². The summed E-state index contributed by atoms with van der Waals surface area (Å²) >= 11 is 0. The van der Waals surface area contributed by atoms with E-state index >= 15 is 0 Å². The van der Waals surface area contributed by atoms with Gasteiger partial charge in [-0.3, -0.25) is 9.28 Å². The molecule has 0 N–H and O–H groups in total. The Morgan fingerprint density at radius 1 is 1.18 bits per heavy atom. The number of piperazine rings is 1. The molecule has 1 unspecified atom stereocenters. The van der Waals surface area contributed by atoms with Gasteiger partial charge in [0.05, 0.1) is 24.5 Å². The van der Waals surface area contributed by atoms with E-state index in [1.54, 1.807) is 0 Å². The standard InChI is InChI=1S/C16H29N3O3/c1-5-17-7-9-18(10-8-17)14(20)13-6-11-19(12-13,15(21)22)16(2,3)4/h13H,5-12H2,1-4H3/t13-,19?/m0/s1. The first-order valence-corrected chi connectivity index (χ1v) is 8.31. The van der Waals surface area contributed by atoms with Gasteiger partial charge in [0.2, 0.25) is 5.91 Å². The van der Waals surface area contributed by atoms with Crippen molar-refractivity contribution < 1.29 is 19.2 Å². The van der Waals surface area contributed by atoms with Crippen LogP contribution < -0.4 is 5.11 Å². The number of carboxylic acid groups (broad SMARTS) is 1. The minimum Gasteiger partial charge on any atom is -0.498 e. The molecule has 2 aliphatic heterocycles. The van der Waals surface area contributed by atoms with Crippen LogP contribution in [0.1, 0.15) is 34.1 Å². The van der Waals surface area contributed by atoms with Crippen molar-refractivity contribution in [2.24, 2.45) is 5.92 Å². The molecule has 0 radical (unpaired) electrons. The fourth-order valence-corrected chi connectivity index (χ4v) is 3.73. The highest BCUT2D eigenvalue weighted by Crippen LogP contribution is 2.34. The van der Waals surface area contributed by atoms with Crippen molar-refractivity contribution in [3.63, 3.8) is 0 Å². The number of quaternary nitrogens is 1. The second-order valence-electron chi connectivity index (χ2n) is 7.56. The van der Waals surface area contributed by atoms with Gasteiger partial charge in [-0.2, -0.15) is 0 Å². The van der Waals surface area contributed by atoms with E-state index in [4.69, 9.17) is 0 Å². The van der Waals surface area contributed by atoms with Crippen LogP contribution in [0.3, 0.4) is 0 Å². The van der Waals surface area contributed by atoms with Crippen molar-refractivity contribution in [3.05, 3.63) is 0 Å². The summed E-state index contributed by atoms with van der Waals surface area (Å²) in [5.74, 6) is -0.0634. The van der Waals surface area contributed by atoms with Gasteiger partial charge in [0.1, 0.15) is 0 Å².